The number of nitrogens with zero attached hydrogens (tertiary/aromatic N) is 3. The molecule has 1 heterocycles. The number of aliphatic carboxylic acids is 1. The number of hydrogen-bond donors (Lipinski definition) is 3. The van der Waals surface area contributed by atoms with Gasteiger partial charge in [0, 0.05) is 0 Å². The Bertz CT molecular complexity index is 372. The van der Waals surface area contributed by atoms with Crippen LogP contribution in [0, 0.1) is 0 Å². The van der Waals surface area contributed by atoms with E-state index in [0.29, 0.717) is 5.69 Å². The highest BCUT2D eigenvalue weighted by atomic mass is 32.1. The first-order chi connectivity index (χ1) is 7.61. The van der Waals surface area contributed by atoms with Crippen LogP contribution < -0.4 is 16.0 Å². The quantitative estimate of drug-likeness (QED) is 0.452. The van der Waals surface area contributed by atoms with Gasteiger partial charge in [-0.15, -0.1) is 0 Å². The molecule has 0 bridgehead atoms. The average Bonchev–Trinajstić information content (AvgIpc) is 2.25. The van der Waals surface area contributed by atoms with Gasteiger partial charge in [0.05, 0.1) is 31.3 Å². The molecule has 0 unspecified atom stereocenters. The molecule has 86 valence electrons. The first kappa shape index (κ1) is 12.3. The highest BCUT2D eigenvalue weighted by Crippen LogP contribution is 2.08. The molecule has 1 aromatic rings. The predicted molar refractivity (Wildman–Crippen MR) is 61.8 cm³/mol. The maximum Gasteiger partial charge on any atom is 0.317 e. The van der Waals surface area contributed by atoms with Crippen LogP contribution in [0.5, 0.6) is 0 Å². The summed E-state index contributed by atoms with van der Waals surface area (Å²) >= 11 is 4.84. The van der Waals surface area contributed by atoms with Crippen LogP contribution in [-0.4, -0.2) is 39.4 Å². The summed E-state index contributed by atoms with van der Waals surface area (Å²) in [5, 5.41) is 11.3. The Morgan fingerprint density at radius 2 is 2.19 bits per heavy atom. The number of nitrogens with one attached hydrogen (secondary N) is 1. The molecule has 0 aliphatic heterocycles. The van der Waals surface area contributed by atoms with Gasteiger partial charge < -0.3 is 15.7 Å². The number of carboxylic acids is 1. The molecule has 0 spiro atoms. The second-order valence-corrected chi connectivity index (χ2v) is 3.26. The molecule has 0 aliphatic rings. The number of aromatic nitrogens is 2. The van der Waals surface area contributed by atoms with Crippen molar-refractivity contribution in [3.05, 3.63) is 18.7 Å². The van der Waals surface area contributed by atoms with E-state index in [1.165, 1.54) is 23.6 Å². The zero-order valence-electron chi connectivity index (χ0n) is 8.33. The minimum atomic E-state index is -0.952. The highest BCUT2D eigenvalue weighted by Gasteiger charge is 2.09. The van der Waals surface area contributed by atoms with Gasteiger partial charge in [-0.1, -0.05) is 0 Å². The van der Waals surface area contributed by atoms with Gasteiger partial charge in [-0.2, -0.15) is 0 Å². The average molecular weight is 241 g/mol. The summed E-state index contributed by atoms with van der Waals surface area (Å²) in [6.07, 6.45) is 4.45. The van der Waals surface area contributed by atoms with E-state index in [-0.39, 0.29) is 18.3 Å². The van der Waals surface area contributed by atoms with E-state index >= 15 is 0 Å². The fourth-order valence-electron chi connectivity index (χ4n) is 1.00. The summed E-state index contributed by atoms with van der Waals surface area (Å²) in [6, 6.07) is 0. The van der Waals surface area contributed by atoms with Crippen LogP contribution in [0.1, 0.15) is 0 Å². The summed E-state index contributed by atoms with van der Waals surface area (Å²) in [6.45, 7) is 0.0157. The monoisotopic (exact) mass is 241 g/mol. The fraction of sp³-hybridized carbons (Fsp3) is 0.250. The molecular formula is C8H11N5O2S. The molecular weight excluding hydrogens is 230 g/mol. The van der Waals surface area contributed by atoms with Gasteiger partial charge in [0.2, 0.25) is 0 Å². The van der Waals surface area contributed by atoms with Crippen molar-refractivity contribution in [2.24, 2.45) is 5.73 Å². The number of anilines is 1. The third-order valence-electron chi connectivity index (χ3n) is 1.67. The standard InChI is InChI=1S/C8H11N5O2S/c9-8(16)13(5-12-3-7(14)15)6-1-10-4-11-2-6/h1-2,4,12H,3,5H2,(H2,9,16)(H,14,15). The molecule has 0 fully saturated rings. The van der Waals surface area contributed by atoms with Crippen molar-refractivity contribution < 1.29 is 9.90 Å². The van der Waals surface area contributed by atoms with E-state index in [2.05, 4.69) is 15.3 Å². The summed E-state index contributed by atoms with van der Waals surface area (Å²) < 4.78 is 0. The molecule has 0 aliphatic carbocycles. The van der Waals surface area contributed by atoms with Crippen molar-refractivity contribution in [3.8, 4) is 0 Å². The summed E-state index contributed by atoms with van der Waals surface area (Å²) in [7, 11) is 0. The maximum absolute atomic E-state index is 10.3. The largest absolute Gasteiger partial charge is 0.480 e. The second-order valence-electron chi connectivity index (χ2n) is 2.84. The third kappa shape index (κ3) is 3.75. The number of thiocarbonyl (C=S) groups is 1. The van der Waals surface area contributed by atoms with Gasteiger partial charge in [-0.05, 0) is 12.2 Å². The van der Waals surface area contributed by atoms with Gasteiger partial charge >= 0.3 is 5.97 Å². The molecule has 16 heavy (non-hydrogen) atoms. The molecule has 1 rings (SSSR count). The lowest BCUT2D eigenvalue weighted by molar-refractivity contribution is -0.135. The minimum Gasteiger partial charge on any atom is -0.480 e. The van der Waals surface area contributed by atoms with Gasteiger partial charge in [0.1, 0.15) is 6.33 Å². The van der Waals surface area contributed by atoms with Crippen LogP contribution in [-0.2, 0) is 4.79 Å². The minimum absolute atomic E-state index is 0.118. The van der Waals surface area contributed by atoms with Crippen molar-refractivity contribution in [1.82, 2.24) is 15.3 Å². The van der Waals surface area contributed by atoms with E-state index < -0.39 is 5.97 Å². The summed E-state index contributed by atoms with van der Waals surface area (Å²) in [5.41, 5.74) is 6.10. The lowest BCUT2D eigenvalue weighted by Crippen LogP contribution is -2.43. The lowest BCUT2D eigenvalue weighted by Gasteiger charge is -2.21. The Balaban J connectivity index is 2.62. The van der Waals surface area contributed by atoms with Crippen LogP contribution in [0.3, 0.4) is 0 Å². The van der Waals surface area contributed by atoms with Crippen LogP contribution in [0.15, 0.2) is 18.7 Å². The van der Waals surface area contributed by atoms with Gasteiger partial charge in [0.25, 0.3) is 0 Å². The molecule has 4 N–H and O–H groups in total. The SMILES string of the molecule is NC(=S)N(CNCC(=O)O)c1cncnc1. The molecule has 1 aromatic heterocycles. The molecule has 7 nitrogen and oxygen atoms in total. The fourth-order valence-corrected chi connectivity index (χ4v) is 1.17. The Kier molecular flexibility index (Phi) is 4.55. The van der Waals surface area contributed by atoms with E-state index in [1.54, 1.807) is 0 Å². The first-order valence-electron chi connectivity index (χ1n) is 4.35. The van der Waals surface area contributed by atoms with E-state index in [9.17, 15) is 4.79 Å². The van der Waals surface area contributed by atoms with Gasteiger partial charge in [-0.25, -0.2) is 9.97 Å². The number of hydrogen-bond acceptors (Lipinski definition) is 5. The zero-order valence-corrected chi connectivity index (χ0v) is 9.15. The Labute approximate surface area is 97.3 Å². The van der Waals surface area contributed by atoms with Crippen molar-refractivity contribution in [2.45, 2.75) is 0 Å². The van der Waals surface area contributed by atoms with Crippen LogP contribution >= 0.6 is 12.2 Å². The smallest absolute Gasteiger partial charge is 0.317 e. The van der Waals surface area contributed by atoms with E-state index in [0.717, 1.165) is 0 Å². The molecule has 0 aromatic carbocycles. The second kappa shape index (κ2) is 5.93. The number of carbonyl (C=O) groups is 1. The lowest BCUT2D eigenvalue weighted by atomic mass is 10.5. The number of rotatable bonds is 5. The normalized spacial score (nSPS) is 9.75. The van der Waals surface area contributed by atoms with E-state index in [1.807, 2.05) is 0 Å². The topological polar surface area (TPSA) is 104 Å². The van der Waals surface area contributed by atoms with Crippen LogP contribution in [0.4, 0.5) is 5.69 Å². The predicted octanol–water partition coefficient (Wildman–Crippen LogP) is -0.842. The van der Waals surface area contributed by atoms with Crippen molar-refractivity contribution in [1.29, 1.82) is 0 Å². The van der Waals surface area contributed by atoms with Crippen molar-refractivity contribution in [3.63, 3.8) is 0 Å². The summed E-state index contributed by atoms with van der Waals surface area (Å²) in [4.78, 5) is 19.5. The molecule has 0 amide bonds. The Morgan fingerprint density at radius 3 is 2.69 bits per heavy atom. The molecule has 0 radical (unpaired) electrons. The number of nitrogens with two attached hydrogens (primary N) is 1. The first-order valence-corrected chi connectivity index (χ1v) is 4.76. The number of carboxylic acid groups (broad SMARTS) is 1. The Hall–Kier alpha value is -1.80. The molecule has 0 atom stereocenters. The Morgan fingerprint density at radius 1 is 1.56 bits per heavy atom. The zero-order chi connectivity index (χ0) is 12.0. The third-order valence-corrected chi connectivity index (χ3v) is 1.89. The van der Waals surface area contributed by atoms with Crippen molar-refractivity contribution in [2.75, 3.05) is 18.1 Å². The maximum atomic E-state index is 10.3. The van der Waals surface area contributed by atoms with Gasteiger partial charge in [-0.3, -0.25) is 10.1 Å². The molecule has 0 saturated carbocycles. The highest BCUT2D eigenvalue weighted by molar-refractivity contribution is 7.80. The summed E-state index contributed by atoms with van der Waals surface area (Å²) in [5.74, 6) is -0.952. The van der Waals surface area contributed by atoms with Crippen LogP contribution in [0.25, 0.3) is 0 Å². The van der Waals surface area contributed by atoms with Crippen molar-refractivity contribution >= 4 is 29.0 Å². The van der Waals surface area contributed by atoms with E-state index in [4.69, 9.17) is 23.1 Å². The van der Waals surface area contributed by atoms with Crippen LogP contribution in [0.2, 0.25) is 0 Å². The molecule has 8 heteroatoms. The molecule has 0 saturated heterocycles. The van der Waals surface area contributed by atoms with Gasteiger partial charge in [0.15, 0.2) is 5.11 Å².